The summed E-state index contributed by atoms with van der Waals surface area (Å²) in [5.74, 6) is -0.869. The Balaban J connectivity index is 3.00. The Bertz CT molecular complexity index is 264. The van der Waals surface area contributed by atoms with Crippen LogP contribution in [-0.2, 0) is 14.3 Å². The zero-order chi connectivity index (χ0) is 17.0. The standard InChI is InChI=1S/C20H37O3/c1-2-3-4-5-6-7-8-9-10-11-12-13-14-15-16-17-18-23-20(22)19-21/h2-18H2,1H3. The third kappa shape index (κ3) is 19.1. The van der Waals surface area contributed by atoms with Gasteiger partial charge in [-0.25, -0.2) is 4.79 Å². The molecule has 0 saturated heterocycles. The largest absolute Gasteiger partial charge is 0.460 e. The normalized spacial score (nSPS) is 10.7. The van der Waals surface area contributed by atoms with Gasteiger partial charge in [-0.15, -0.1) is 0 Å². The van der Waals surface area contributed by atoms with E-state index in [9.17, 15) is 9.59 Å². The van der Waals surface area contributed by atoms with E-state index in [-0.39, 0.29) is 0 Å². The van der Waals surface area contributed by atoms with Crippen LogP contribution in [0.25, 0.3) is 0 Å². The van der Waals surface area contributed by atoms with Crippen molar-refractivity contribution in [2.75, 3.05) is 6.61 Å². The number of hydrogen-bond donors (Lipinski definition) is 0. The number of unbranched alkanes of at least 4 members (excludes halogenated alkanes) is 15. The van der Waals surface area contributed by atoms with E-state index >= 15 is 0 Å². The van der Waals surface area contributed by atoms with Crippen molar-refractivity contribution >= 4 is 12.3 Å². The molecule has 0 aliphatic rings. The molecule has 0 aromatic rings. The summed E-state index contributed by atoms with van der Waals surface area (Å²) < 4.78 is 4.65. The summed E-state index contributed by atoms with van der Waals surface area (Å²) >= 11 is 0. The molecule has 0 atom stereocenters. The Morgan fingerprint density at radius 3 is 1.35 bits per heavy atom. The van der Waals surface area contributed by atoms with E-state index in [1.54, 1.807) is 0 Å². The maximum atomic E-state index is 10.5. The summed E-state index contributed by atoms with van der Waals surface area (Å²) in [4.78, 5) is 20.4. The summed E-state index contributed by atoms with van der Waals surface area (Å²) in [6.45, 7) is 2.62. The van der Waals surface area contributed by atoms with E-state index in [1.807, 2.05) is 0 Å². The Labute approximate surface area is 143 Å². The van der Waals surface area contributed by atoms with Crippen molar-refractivity contribution in [3.8, 4) is 0 Å². The van der Waals surface area contributed by atoms with Crippen LogP contribution in [0.5, 0.6) is 0 Å². The molecule has 0 saturated carbocycles. The number of ether oxygens (including phenoxy) is 1. The van der Waals surface area contributed by atoms with Crippen molar-refractivity contribution in [1.82, 2.24) is 0 Å². The van der Waals surface area contributed by atoms with Gasteiger partial charge in [0.05, 0.1) is 6.61 Å². The Kier molecular flexibility index (Phi) is 18.5. The van der Waals surface area contributed by atoms with Gasteiger partial charge in [-0.3, -0.25) is 4.79 Å². The second-order valence-corrected chi connectivity index (χ2v) is 6.54. The van der Waals surface area contributed by atoms with Crippen LogP contribution in [0.4, 0.5) is 0 Å². The fourth-order valence-corrected chi connectivity index (χ4v) is 2.84. The maximum Gasteiger partial charge on any atom is 0.383 e. The molecular formula is C20H37O3. The summed E-state index contributed by atoms with van der Waals surface area (Å²) in [5.41, 5.74) is 0. The van der Waals surface area contributed by atoms with Crippen LogP contribution in [-0.4, -0.2) is 18.9 Å². The van der Waals surface area contributed by atoms with E-state index in [2.05, 4.69) is 11.7 Å². The van der Waals surface area contributed by atoms with Crippen molar-refractivity contribution in [3.63, 3.8) is 0 Å². The number of esters is 1. The molecule has 0 N–H and O–H groups in total. The minimum atomic E-state index is -0.869. The highest BCUT2D eigenvalue weighted by molar-refractivity contribution is 6.20. The lowest BCUT2D eigenvalue weighted by molar-refractivity contribution is -0.135. The van der Waals surface area contributed by atoms with Crippen LogP contribution < -0.4 is 0 Å². The summed E-state index contributed by atoms with van der Waals surface area (Å²) in [6, 6.07) is 0. The molecule has 1 radical (unpaired) electrons. The average molecular weight is 326 g/mol. The highest BCUT2D eigenvalue weighted by Crippen LogP contribution is 2.13. The smallest absolute Gasteiger partial charge is 0.383 e. The summed E-state index contributed by atoms with van der Waals surface area (Å²) in [6.07, 6.45) is 22.3. The summed E-state index contributed by atoms with van der Waals surface area (Å²) in [7, 11) is 0. The molecule has 23 heavy (non-hydrogen) atoms. The fourth-order valence-electron chi connectivity index (χ4n) is 2.84. The van der Waals surface area contributed by atoms with Crippen molar-refractivity contribution in [1.29, 1.82) is 0 Å². The van der Waals surface area contributed by atoms with E-state index < -0.39 is 5.97 Å². The first-order chi connectivity index (χ1) is 11.3. The average Bonchev–Trinajstić information content (AvgIpc) is 2.57. The molecule has 0 aromatic carbocycles. The van der Waals surface area contributed by atoms with E-state index in [1.165, 1.54) is 96.2 Å². The van der Waals surface area contributed by atoms with Gasteiger partial charge in [0, 0.05) is 0 Å². The van der Waals surface area contributed by atoms with Gasteiger partial charge >= 0.3 is 12.3 Å². The highest BCUT2D eigenvalue weighted by Gasteiger charge is 1.99. The quantitative estimate of drug-likeness (QED) is 0.179. The first-order valence-electron chi connectivity index (χ1n) is 9.86. The Morgan fingerprint density at radius 1 is 0.652 bits per heavy atom. The van der Waals surface area contributed by atoms with Crippen LogP contribution in [0.1, 0.15) is 110 Å². The van der Waals surface area contributed by atoms with Gasteiger partial charge in [-0.1, -0.05) is 103 Å². The summed E-state index contributed by atoms with van der Waals surface area (Å²) in [5, 5.41) is 0. The third-order valence-corrected chi connectivity index (χ3v) is 4.31. The molecule has 3 nitrogen and oxygen atoms in total. The lowest BCUT2D eigenvalue weighted by Gasteiger charge is -2.03. The van der Waals surface area contributed by atoms with Crippen LogP contribution in [0.2, 0.25) is 0 Å². The Morgan fingerprint density at radius 2 is 1.00 bits per heavy atom. The highest BCUT2D eigenvalue weighted by atomic mass is 16.5. The zero-order valence-electron chi connectivity index (χ0n) is 15.2. The molecule has 0 bridgehead atoms. The molecule has 0 heterocycles. The molecule has 0 amide bonds. The minimum absolute atomic E-state index is 0.354. The topological polar surface area (TPSA) is 43.4 Å². The van der Waals surface area contributed by atoms with Crippen molar-refractivity contribution in [2.24, 2.45) is 0 Å². The molecule has 0 rings (SSSR count). The predicted octanol–water partition coefficient (Wildman–Crippen LogP) is 5.90. The van der Waals surface area contributed by atoms with Gasteiger partial charge in [0.15, 0.2) is 0 Å². The molecule has 0 fully saturated rings. The number of hydrogen-bond acceptors (Lipinski definition) is 3. The minimum Gasteiger partial charge on any atom is -0.460 e. The van der Waals surface area contributed by atoms with Gasteiger partial charge in [0.1, 0.15) is 0 Å². The van der Waals surface area contributed by atoms with E-state index in [0.717, 1.165) is 12.8 Å². The molecule has 3 heteroatoms. The van der Waals surface area contributed by atoms with E-state index in [4.69, 9.17) is 0 Å². The van der Waals surface area contributed by atoms with Gasteiger partial charge in [-0.05, 0) is 6.42 Å². The number of carbonyl (C=O) groups is 1. The second-order valence-electron chi connectivity index (χ2n) is 6.54. The van der Waals surface area contributed by atoms with E-state index in [0.29, 0.717) is 6.61 Å². The van der Waals surface area contributed by atoms with Gasteiger partial charge in [-0.2, -0.15) is 0 Å². The molecule has 135 valence electrons. The number of carbonyl (C=O) groups excluding carboxylic acids is 2. The van der Waals surface area contributed by atoms with Gasteiger partial charge < -0.3 is 4.74 Å². The monoisotopic (exact) mass is 325 g/mol. The van der Waals surface area contributed by atoms with Gasteiger partial charge in [0.2, 0.25) is 0 Å². The molecule has 0 aliphatic carbocycles. The van der Waals surface area contributed by atoms with Gasteiger partial charge in [0.25, 0.3) is 0 Å². The van der Waals surface area contributed by atoms with Crippen molar-refractivity contribution < 1.29 is 14.3 Å². The lowest BCUT2D eigenvalue weighted by atomic mass is 10.0. The first kappa shape index (κ1) is 22.1. The predicted molar refractivity (Wildman–Crippen MR) is 96.2 cm³/mol. The second kappa shape index (κ2) is 19.2. The molecule has 0 aromatic heterocycles. The molecule has 0 spiro atoms. The SMILES string of the molecule is CCCCCCCCCCCCCCCCCCOC(=O)[C]=O. The van der Waals surface area contributed by atoms with Crippen LogP contribution in [0.3, 0.4) is 0 Å². The Hall–Kier alpha value is -0.860. The van der Waals surface area contributed by atoms with Crippen LogP contribution >= 0.6 is 0 Å². The molecule has 0 unspecified atom stereocenters. The third-order valence-electron chi connectivity index (χ3n) is 4.31. The lowest BCUT2D eigenvalue weighted by Crippen LogP contribution is -2.06. The molecule has 0 aliphatic heterocycles. The van der Waals surface area contributed by atoms with Crippen molar-refractivity contribution in [3.05, 3.63) is 0 Å². The van der Waals surface area contributed by atoms with Crippen molar-refractivity contribution in [2.45, 2.75) is 110 Å². The zero-order valence-corrected chi connectivity index (χ0v) is 15.2. The molecular weight excluding hydrogens is 288 g/mol. The fraction of sp³-hybridized carbons (Fsp3) is 0.900. The number of rotatable bonds is 18. The first-order valence-corrected chi connectivity index (χ1v) is 9.86. The van der Waals surface area contributed by atoms with Crippen LogP contribution in [0, 0.1) is 0 Å². The maximum absolute atomic E-state index is 10.5. The van der Waals surface area contributed by atoms with Crippen LogP contribution in [0.15, 0.2) is 0 Å².